The van der Waals surface area contributed by atoms with E-state index in [1.54, 1.807) is 0 Å². The molecule has 0 unspecified atom stereocenters. The smallest absolute Gasteiger partial charge is 0.208 e. The monoisotopic (exact) mass is 205 g/mol. The van der Waals surface area contributed by atoms with Crippen LogP contribution in [-0.4, -0.2) is 34.3 Å². The normalized spacial score (nSPS) is 11.1. The van der Waals surface area contributed by atoms with Crippen LogP contribution in [0, 0.1) is 11.3 Å². The molecule has 0 aromatic heterocycles. The molecule has 0 aliphatic rings. The van der Waals surface area contributed by atoms with Crippen molar-refractivity contribution in [2.24, 2.45) is 0 Å². The van der Waals surface area contributed by atoms with E-state index in [1.807, 2.05) is 6.07 Å². The van der Waals surface area contributed by atoms with E-state index in [2.05, 4.69) is 10.0 Å². The molecule has 0 aliphatic carbocycles. The second kappa shape index (κ2) is 6.83. The fourth-order valence-corrected chi connectivity index (χ4v) is 1.22. The Morgan fingerprint density at radius 3 is 2.54 bits per heavy atom. The molecule has 0 heterocycles. The van der Waals surface area contributed by atoms with Crippen molar-refractivity contribution in [1.29, 1.82) is 5.26 Å². The van der Waals surface area contributed by atoms with E-state index in [0.29, 0.717) is 19.5 Å². The fraction of sp³-hybridized carbons (Fsp3) is 0.857. The molecule has 0 fully saturated rings. The van der Waals surface area contributed by atoms with Gasteiger partial charge in [-0.25, -0.2) is 13.1 Å². The van der Waals surface area contributed by atoms with Crippen molar-refractivity contribution in [3.8, 4) is 6.07 Å². The highest BCUT2D eigenvalue weighted by atomic mass is 32.2. The van der Waals surface area contributed by atoms with Gasteiger partial charge in [0.2, 0.25) is 10.0 Å². The second-order valence-corrected chi connectivity index (χ2v) is 4.51. The van der Waals surface area contributed by atoms with Crippen molar-refractivity contribution < 1.29 is 8.42 Å². The predicted octanol–water partition coefficient (Wildman–Crippen LogP) is -0.571. The van der Waals surface area contributed by atoms with Crippen LogP contribution in [0.2, 0.25) is 0 Å². The first kappa shape index (κ1) is 12.4. The Labute approximate surface area is 79.2 Å². The standard InChI is InChI=1S/C7H15N3O2S/c1-13(11,12)10-7-6-9-5-3-2-4-8/h9-10H,2-3,5-7H2,1H3. The Hall–Kier alpha value is -0.640. The van der Waals surface area contributed by atoms with Gasteiger partial charge in [0, 0.05) is 19.5 Å². The Kier molecular flexibility index (Phi) is 6.49. The molecular weight excluding hydrogens is 190 g/mol. The third-order valence-corrected chi connectivity index (χ3v) is 2.04. The lowest BCUT2D eigenvalue weighted by Gasteiger charge is -2.03. The Morgan fingerprint density at radius 1 is 1.31 bits per heavy atom. The SMILES string of the molecule is CS(=O)(=O)NCCNCCCC#N. The largest absolute Gasteiger partial charge is 0.315 e. The molecule has 13 heavy (non-hydrogen) atoms. The number of rotatable bonds is 7. The van der Waals surface area contributed by atoms with E-state index >= 15 is 0 Å². The van der Waals surface area contributed by atoms with Crippen LogP contribution in [0.3, 0.4) is 0 Å². The maximum atomic E-state index is 10.6. The van der Waals surface area contributed by atoms with Gasteiger partial charge in [-0.2, -0.15) is 5.26 Å². The zero-order chi connectivity index (χ0) is 10.2. The van der Waals surface area contributed by atoms with Crippen molar-refractivity contribution in [1.82, 2.24) is 10.0 Å². The molecule has 76 valence electrons. The van der Waals surface area contributed by atoms with Crippen LogP contribution >= 0.6 is 0 Å². The summed E-state index contributed by atoms with van der Waals surface area (Å²) >= 11 is 0. The van der Waals surface area contributed by atoms with Crippen molar-refractivity contribution in [3.05, 3.63) is 0 Å². The summed E-state index contributed by atoms with van der Waals surface area (Å²) in [6.45, 7) is 1.74. The Bertz CT molecular complexity index is 255. The van der Waals surface area contributed by atoms with Crippen LogP contribution in [0.5, 0.6) is 0 Å². The molecule has 5 nitrogen and oxygen atoms in total. The molecular formula is C7H15N3O2S. The highest BCUT2D eigenvalue weighted by Crippen LogP contribution is 1.81. The van der Waals surface area contributed by atoms with Gasteiger partial charge in [-0.15, -0.1) is 0 Å². The molecule has 0 atom stereocenters. The van der Waals surface area contributed by atoms with E-state index < -0.39 is 10.0 Å². The molecule has 0 aliphatic heterocycles. The summed E-state index contributed by atoms with van der Waals surface area (Å²) in [4.78, 5) is 0. The second-order valence-electron chi connectivity index (χ2n) is 2.68. The van der Waals surface area contributed by atoms with Crippen molar-refractivity contribution in [2.45, 2.75) is 12.8 Å². The number of hydrogen-bond acceptors (Lipinski definition) is 4. The van der Waals surface area contributed by atoms with Gasteiger partial charge in [-0.05, 0) is 13.0 Å². The third kappa shape index (κ3) is 11.4. The zero-order valence-electron chi connectivity index (χ0n) is 7.71. The lowest BCUT2D eigenvalue weighted by Crippen LogP contribution is -2.31. The molecule has 0 saturated heterocycles. The number of unbranched alkanes of at least 4 members (excludes halogenated alkanes) is 1. The minimum Gasteiger partial charge on any atom is -0.315 e. The van der Waals surface area contributed by atoms with E-state index in [0.717, 1.165) is 19.2 Å². The molecule has 6 heteroatoms. The quantitative estimate of drug-likeness (QED) is 0.545. The lowest BCUT2D eigenvalue weighted by molar-refractivity contribution is 0.580. The van der Waals surface area contributed by atoms with Crippen LogP contribution in [0.4, 0.5) is 0 Å². The first-order valence-corrected chi connectivity index (χ1v) is 5.97. The van der Waals surface area contributed by atoms with E-state index in [1.165, 1.54) is 0 Å². The van der Waals surface area contributed by atoms with E-state index in [9.17, 15) is 8.42 Å². The third-order valence-electron chi connectivity index (χ3n) is 1.31. The van der Waals surface area contributed by atoms with E-state index in [4.69, 9.17) is 5.26 Å². The van der Waals surface area contributed by atoms with Crippen molar-refractivity contribution in [2.75, 3.05) is 25.9 Å². The molecule has 0 spiro atoms. The van der Waals surface area contributed by atoms with Crippen LogP contribution < -0.4 is 10.0 Å². The average Bonchev–Trinajstić information content (AvgIpc) is 2.01. The van der Waals surface area contributed by atoms with Gasteiger partial charge in [0.05, 0.1) is 12.3 Å². The molecule has 0 aromatic rings. The summed E-state index contributed by atoms with van der Waals surface area (Å²) in [5.41, 5.74) is 0. The van der Waals surface area contributed by atoms with E-state index in [-0.39, 0.29) is 0 Å². The minimum absolute atomic E-state index is 0.394. The summed E-state index contributed by atoms with van der Waals surface area (Å²) in [6.07, 6.45) is 2.46. The van der Waals surface area contributed by atoms with Crippen LogP contribution in [0.25, 0.3) is 0 Å². The number of hydrogen-bond donors (Lipinski definition) is 2. The number of sulfonamides is 1. The summed E-state index contributed by atoms with van der Waals surface area (Å²) in [7, 11) is -3.06. The van der Waals surface area contributed by atoms with Gasteiger partial charge in [0.15, 0.2) is 0 Å². The maximum Gasteiger partial charge on any atom is 0.208 e. The summed E-state index contributed by atoms with van der Waals surface area (Å²) in [5, 5.41) is 11.2. The van der Waals surface area contributed by atoms with Crippen molar-refractivity contribution in [3.63, 3.8) is 0 Å². The highest BCUT2D eigenvalue weighted by Gasteiger charge is 1.97. The predicted molar refractivity (Wildman–Crippen MR) is 50.6 cm³/mol. The number of nitrogens with zero attached hydrogens (tertiary/aromatic N) is 1. The first-order valence-electron chi connectivity index (χ1n) is 4.08. The molecule has 0 amide bonds. The Balaban J connectivity index is 3.14. The molecule has 2 N–H and O–H groups in total. The van der Waals surface area contributed by atoms with Gasteiger partial charge < -0.3 is 5.32 Å². The fourth-order valence-electron chi connectivity index (χ4n) is 0.742. The van der Waals surface area contributed by atoms with Gasteiger partial charge in [-0.1, -0.05) is 0 Å². The molecule has 0 bridgehead atoms. The molecule has 0 radical (unpaired) electrons. The van der Waals surface area contributed by atoms with Gasteiger partial charge in [0.1, 0.15) is 0 Å². The van der Waals surface area contributed by atoms with Crippen molar-refractivity contribution >= 4 is 10.0 Å². The molecule has 0 rings (SSSR count). The zero-order valence-corrected chi connectivity index (χ0v) is 8.52. The lowest BCUT2D eigenvalue weighted by atomic mass is 10.3. The van der Waals surface area contributed by atoms with Gasteiger partial charge >= 0.3 is 0 Å². The van der Waals surface area contributed by atoms with Crippen LogP contribution in [0.15, 0.2) is 0 Å². The average molecular weight is 205 g/mol. The van der Waals surface area contributed by atoms with Crippen LogP contribution in [-0.2, 0) is 10.0 Å². The maximum absolute atomic E-state index is 10.6. The highest BCUT2D eigenvalue weighted by molar-refractivity contribution is 7.88. The molecule has 0 saturated carbocycles. The Morgan fingerprint density at radius 2 is 2.00 bits per heavy atom. The van der Waals surface area contributed by atoms with Crippen LogP contribution in [0.1, 0.15) is 12.8 Å². The topological polar surface area (TPSA) is 82.0 Å². The number of nitrogens with one attached hydrogen (secondary N) is 2. The molecule has 0 aromatic carbocycles. The summed E-state index contributed by atoms with van der Waals surface area (Å²) in [5.74, 6) is 0. The van der Waals surface area contributed by atoms with Gasteiger partial charge in [-0.3, -0.25) is 0 Å². The number of nitriles is 1. The minimum atomic E-state index is -3.06. The summed E-state index contributed by atoms with van der Waals surface area (Å²) < 4.78 is 23.5. The summed E-state index contributed by atoms with van der Waals surface area (Å²) in [6, 6.07) is 2.03. The first-order chi connectivity index (χ1) is 6.06. The van der Waals surface area contributed by atoms with Gasteiger partial charge in [0.25, 0.3) is 0 Å².